The van der Waals surface area contributed by atoms with Gasteiger partial charge in [0.25, 0.3) is 0 Å². The summed E-state index contributed by atoms with van der Waals surface area (Å²) < 4.78 is 0. The summed E-state index contributed by atoms with van der Waals surface area (Å²) in [6.45, 7) is 1.95. The van der Waals surface area contributed by atoms with E-state index in [4.69, 9.17) is 4.98 Å². The summed E-state index contributed by atoms with van der Waals surface area (Å²) in [7, 11) is 0. The van der Waals surface area contributed by atoms with Gasteiger partial charge in [-0.05, 0) is 61.5 Å². The van der Waals surface area contributed by atoms with E-state index in [1.165, 1.54) is 4.88 Å². The number of rotatable bonds is 6. The van der Waals surface area contributed by atoms with Crippen molar-refractivity contribution in [2.75, 3.05) is 18.4 Å². The molecule has 1 aromatic carbocycles. The van der Waals surface area contributed by atoms with Gasteiger partial charge in [0.05, 0.1) is 40.3 Å². The van der Waals surface area contributed by atoms with Gasteiger partial charge in [-0.25, -0.2) is 4.98 Å². The normalized spacial score (nSPS) is 14.3. The summed E-state index contributed by atoms with van der Waals surface area (Å²) in [5.74, 6) is 1.13. The molecule has 0 atom stereocenters. The Morgan fingerprint density at radius 3 is 2.85 bits per heavy atom. The first kappa shape index (κ1) is 23.7. The van der Waals surface area contributed by atoms with Crippen LogP contribution in [0.25, 0.3) is 55.2 Å². The van der Waals surface area contributed by atoms with Crippen LogP contribution in [0.1, 0.15) is 19.3 Å². The number of carbonyl (C=O) groups excluding carboxylic acids is 1. The van der Waals surface area contributed by atoms with E-state index in [-0.39, 0.29) is 5.91 Å². The highest BCUT2D eigenvalue weighted by Gasteiger charge is 2.18. The Morgan fingerprint density at radius 1 is 1.05 bits per heavy atom. The molecule has 6 heterocycles. The zero-order valence-corrected chi connectivity index (χ0v) is 21.9. The van der Waals surface area contributed by atoms with Gasteiger partial charge in [-0.3, -0.25) is 19.9 Å². The number of imidazole rings is 1. The predicted molar refractivity (Wildman–Crippen MR) is 154 cm³/mol. The van der Waals surface area contributed by atoms with E-state index in [2.05, 4.69) is 53.3 Å². The van der Waals surface area contributed by atoms with Crippen LogP contribution in [0.4, 0.5) is 5.69 Å². The molecule has 5 aromatic heterocycles. The molecule has 4 N–H and O–H groups in total. The maximum absolute atomic E-state index is 12.6. The monoisotopic (exact) mass is 534 g/mol. The molecule has 0 unspecified atom stereocenters. The number of amides is 1. The molecule has 0 radical (unpaired) electrons. The minimum Gasteiger partial charge on any atom is -0.337 e. The second-order valence-corrected chi connectivity index (χ2v) is 10.8. The fourth-order valence-electron chi connectivity index (χ4n) is 5.24. The third-order valence-corrected chi connectivity index (χ3v) is 8.12. The van der Waals surface area contributed by atoms with Gasteiger partial charge >= 0.3 is 0 Å². The Bertz CT molecular complexity index is 1780. The molecule has 1 aliphatic rings. The van der Waals surface area contributed by atoms with E-state index in [1.807, 2.05) is 30.3 Å². The molecule has 0 saturated carbocycles. The van der Waals surface area contributed by atoms with Gasteiger partial charge < -0.3 is 15.6 Å². The third kappa shape index (κ3) is 4.68. The number of anilines is 1. The number of carbonyl (C=O) groups is 1. The topological polar surface area (TPSA) is 124 Å². The minimum absolute atomic E-state index is 0.0215. The lowest BCUT2D eigenvalue weighted by atomic mass is 9.94. The summed E-state index contributed by atoms with van der Waals surface area (Å²) >= 11 is 1.69. The molecule has 0 bridgehead atoms. The van der Waals surface area contributed by atoms with Gasteiger partial charge in [-0.2, -0.15) is 5.10 Å². The van der Waals surface area contributed by atoms with Gasteiger partial charge in [-0.15, -0.1) is 11.3 Å². The van der Waals surface area contributed by atoms with Crippen LogP contribution in [0.15, 0.2) is 66.4 Å². The second-order valence-electron chi connectivity index (χ2n) is 9.86. The number of aromatic amines is 2. The second kappa shape index (κ2) is 10.0. The molecular weight excluding hydrogens is 508 g/mol. The summed E-state index contributed by atoms with van der Waals surface area (Å²) in [5.41, 5.74) is 6.72. The predicted octanol–water partition coefficient (Wildman–Crippen LogP) is 5.62. The van der Waals surface area contributed by atoms with E-state index in [0.29, 0.717) is 23.9 Å². The zero-order chi connectivity index (χ0) is 26.2. The first-order chi connectivity index (χ1) is 19.2. The molecule has 39 heavy (non-hydrogen) atoms. The van der Waals surface area contributed by atoms with Crippen LogP contribution < -0.4 is 10.6 Å². The van der Waals surface area contributed by atoms with Gasteiger partial charge in [0.1, 0.15) is 5.69 Å². The number of piperidine rings is 1. The Labute approximate surface area is 228 Å². The van der Waals surface area contributed by atoms with Crippen molar-refractivity contribution in [1.82, 2.24) is 35.5 Å². The summed E-state index contributed by atoms with van der Waals surface area (Å²) in [6, 6.07) is 14.2. The lowest BCUT2D eigenvalue weighted by Crippen LogP contribution is -2.30. The quantitative estimate of drug-likeness (QED) is 0.220. The van der Waals surface area contributed by atoms with E-state index >= 15 is 0 Å². The molecule has 1 aliphatic heterocycles. The average Bonchev–Trinajstić information content (AvgIpc) is 3.73. The first-order valence-electron chi connectivity index (χ1n) is 13.0. The van der Waals surface area contributed by atoms with Crippen LogP contribution in [0.5, 0.6) is 0 Å². The van der Waals surface area contributed by atoms with Crippen LogP contribution in [-0.2, 0) is 4.79 Å². The minimum atomic E-state index is 0.0215. The Kier molecular flexibility index (Phi) is 6.10. The molecule has 6 aromatic rings. The number of para-hydroxylation sites is 1. The van der Waals surface area contributed by atoms with Crippen molar-refractivity contribution < 1.29 is 4.79 Å². The number of aromatic nitrogens is 6. The zero-order valence-electron chi connectivity index (χ0n) is 21.1. The third-order valence-electron chi connectivity index (χ3n) is 7.22. The smallest absolute Gasteiger partial charge is 0.224 e. The molecule has 9 nitrogen and oxygen atoms in total. The van der Waals surface area contributed by atoms with Crippen LogP contribution in [0.3, 0.4) is 0 Å². The number of hydrogen-bond acceptors (Lipinski definition) is 7. The van der Waals surface area contributed by atoms with Crippen LogP contribution in [0, 0.1) is 5.92 Å². The number of pyridine rings is 2. The molecule has 1 amide bonds. The van der Waals surface area contributed by atoms with Crippen molar-refractivity contribution in [3.05, 3.63) is 66.4 Å². The summed E-state index contributed by atoms with van der Waals surface area (Å²) in [5, 5.41) is 17.0. The number of thiophene rings is 1. The number of fused-ring (bicyclic) bond motifs is 2. The van der Waals surface area contributed by atoms with Crippen molar-refractivity contribution in [2.45, 2.75) is 19.3 Å². The van der Waals surface area contributed by atoms with E-state index < -0.39 is 0 Å². The highest BCUT2D eigenvalue weighted by Crippen LogP contribution is 2.34. The molecule has 1 saturated heterocycles. The van der Waals surface area contributed by atoms with Gasteiger partial charge in [0, 0.05) is 34.0 Å². The molecular formula is C29H26N8OS. The summed E-state index contributed by atoms with van der Waals surface area (Å²) in [6.07, 6.45) is 7.78. The van der Waals surface area contributed by atoms with E-state index in [1.54, 1.807) is 29.9 Å². The van der Waals surface area contributed by atoms with Crippen LogP contribution >= 0.6 is 11.3 Å². The Balaban J connectivity index is 1.19. The van der Waals surface area contributed by atoms with Crippen molar-refractivity contribution >= 4 is 44.9 Å². The Hall–Kier alpha value is -4.41. The molecule has 7 rings (SSSR count). The van der Waals surface area contributed by atoms with Gasteiger partial charge in [0.15, 0.2) is 5.82 Å². The summed E-state index contributed by atoms with van der Waals surface area (Å²) in [4.78, 5) is 31.2. The maximum Gasteiger partial charge on any atom is 0.224 e. The lowest BCUT2D eigenvalue weighted by molar-refractivity contribution is -0.117. The fourth-order valence-corrected chi connectivity index (χ4v) is 5.99. The Morgan fingerprint density at radius 2 is 1.97 bits per heavy atom. The van der Waals surface area contributed by atoms with Crippen molar-refractivity contribution in [3.8, 4) is 33.2 Å². The SMILES string of the molecule is O=C(CC1CCNCC1)Nc1cncc(-c2cc3c(-c4nc5c(-c6cccs6)cccc5[nH]4)n[nH]c3cn2)c1. The van der Waals surface area contributed by atoms with Crippen molar-refractivity contribution in [2.24, 2.45) is 5.92 Å². The first-order valence-corrected chi connectivity index (χ1v) is 13.9. The average molecular weight is 535 g/mol. The van der Waals surface area contributed by atoms with Crippen LogP contribution in [0.2, 0.25) is 0 Å². The number of hydrogen-bond donors (Lipinski definition) is 4. The highest BCUT2D eigenvalue weighted by atomic mass is 32.1. The number of benzene rings is 1. The van der Waals surface area contributed by atoms with Crippen molar-refractivity contribution in [1.29, 1.82) is 0 Å². The van der Waals surface area contributed by atoms with Gasteiger partial charge in [0.2, 0.25) is 5.91 Å². The largest absolute Gasteiger partial charge is 0.337 e. The van der Waals surface area contributed by atoms with E-state index in [0.717, 1.165) is 70.4 Å². The van der Waals surface area contributed by atoms with Crippen LogP contribution in [-0.4, -0.2) is 49.1 Å². The van der Waals surface area contributed by atoms with E-state index in [9.17, 15) is 4.79 Å². The fraction of sp³-hybridized carbons (Fsp3) is 0.207. The number of nitrogens with one attached hydrogen (secondary N) is 4. The number of H-pyrrole nitrogens is 2. The van der Waals surface area contributed by atoms with Crippen molar-refractivity contribution in [3.63, 3.8) is 0 Å². The molecule has 0 spiro atoms. The lowest BCUT2D eigenvalue weighted by Gasteiger charge is -2.21. The molecule has 1 fully saturated rings. The standard InChI is InChI=1S/C29H26N8OS/c38-26(11-17-6-8-30-9-7-17)33-19-12-18(14-31-15-19)23-13-21-24(16-32-23)36-37-28(21)29-34-22-4-1-3-20(27(22)35-29)25-5-2-10-39-25/h1-5,10,12-17,30H,6-9,11H2,(H,33,38)(H,34,35)(H,36,37). The highest BCUT2D eigenvalue weighted by molar-refractivity contribution is 7.13. The number of nitrogens with zero attached hydrogens (tertiary/aromatic N) is 4. The molecule has 0 aliphatic carbocycles. The molecule has 10 heteroatoms. The van der Waals surface area contributed by atoms with Gasteiger partial charge in [-0.1, -0.05) is 18.2 Å². The molecule has 194 valence electrons. The maximum atomic E-state index is 12.6.